The third kappa shape index (κ3) is 3.80. The van der Waals surface area contributed by atoms with Gasteiger partial charge in [-0.25, -0.2) is 22.7 Å². The summed E-state index contributed by atoms with van der Waals surface area (Å²) < 4.78 is 26.2. The quantitative estimate of drug-likeness (QED) is 0.884. The molecule has 1 fully saturated rings. The highest BCUT2D eigenvalue weighted by atomic mass is 32.2. The van der Waals surface area contributed by atoms with E-state index in [1.807, 2.05) is 0 Å². The highest BCUT2D eigenvalue weighted by Gasteiger charge is 2.28. The molecule has 2 aromatic rings. The van der Waals surface area contributed by atoms with Crippen LogP contribution in [-0.4, -0.2) is 52.5 Å². The van der Waals surface area contributed by atoms with E-state index in [-0.39, 0.29) is 11.8 Å². The monoisotopic (exact) mass is 349 g/mol. The number of amides is 1. The van der Waals surface area contributed by atoms with Gasteiger partial charge in [0.2, 0.25) is 15.9 Å². The summed E-state index contributed by atoms with van der Waals surface area (Å²) in [6.07, 6.45) is 8.95. The van der Waals surface area contributed by atoms with Gasteiger partial charge in [-0.05, 0) is 25.0 Å². The van der Waals surface area contributed by atoms with Crippen LogP contribution in [0.2, 0.25) is 0 Å². The van der Waals surface area contributed by atoms with Crippen molar-refractivity contribution in [3.8, 4) is 5.82 Å². The first-order valence-electron chi connectivity index (χ1n) is 7.64. The molecule has 24 heavy (non-hydrogen) atoms. The zero-order valence-electron chi connectivity index (χ0n) is 13.3. The van der Waals surface area contributed by atoms with Crippen LogP contribution >= 0.6 is 0 Å². The maximum atomic E-state index is 12.3. The molecule has 0 bridgehead atoms. The fraction of sp³-hybridized carbons (Fsp3) is 0.400. The SMILES string of the molecule is CS(=O)(=O)N1CCC(C(=O)Nc2ccc(-n3ccnc3)nc2)CC1. The predicted octanol–water partition coefficient (Wildman–Crippen LogP) is 0.877. The van der Waals surface area contributed by atoms with Crippen molar-refractivity contribution >= 4 is 21.6 Å². The first kappa shape index (κ1) is 16.6. The Bertz CT molecular complexity index is 794. The lowest BCUT2D eigenvalue weighted by molar-refractivity contribution is -0.120. The molecule has 0 aromatic carbocycles. The summed E-state index contributed by atoms with van der Waals surface area (Å²) in [5.41, 5.74) is 0.620. The lowest BCUT2D eigenvalue weighted by Crippen LogP contribution is -2.40. The van der Waals surface area contributed by atoms with E-state index in [1.165, 1.54) is 10.6 Å². The van der Waals surface area contributed by atoms with E-state index in [2.05, 4.69) is 15.3 Å². The topological polar surface area (TPSA) is 97.2 Å². The van der Waals surface area contributed by atoms with Gasteiger partial charge in [-0.2, -0.15) is 0 Å². The predicted molar refractivity (Wildman–Crippen MR) is 89.1 cm³/mol. The van der Waals surface area contributed by atoms with E-state index in [1.54, 1.807) is 41.6 Å². The average Bonchev–Trinajstić information content (AvgIpc) is 3.09. The third-order valence-electron chi connectivity index (χ3n) is 4.08. The molecule has 3 heterocycles. The van der Waals surface area contributed by atoms with E-state index in [4.69, 9.17) is 0 Å². The van der Waals surface area contributed by atoms with Crippen molar-refractivity contribution in [1.29, 1.82) is 0 Å². The van der Waals surface area contributed by atoms with Crippen molar-refractivity contribution < 1.29 is 13.2 Å². The van der Waals surface area contributed by atoms with Crippen LogP contribution in [0.15, 0.2) is 37.1 Å². The molecule has 0 saturated carbocycles. The van der Waals surface area contributed by atoms with Gasteiger partial charge in [0.25, 0.3) is 0 Å². The molecular weight excluding hydrogens is 330 g/mol. The Labute approximate surface area is 140 Å². The smallest absolute Gasteiger partial charge is 0.227 e. The highest BCUT2D eigenvalue weighted by molar-refractivity contribution is 7.88. The molecule has 0 unspecified atom stereocenters. The van der Waals surface area contributed by atoms with Crippen molar-refractivity contribution in [3.63, 3.8) is 0 Å². The number of hydrogen-bond donors (Lipinski definition) is 1. The minimum absolute atomic E-state index is 0.0969. The first-order valence-corrected chi connectivity index (χ1v) is 9.49. The molecule has 0 spiro atoms. The van der Waals surface area contributed by atoms with Crippen molar-refractivity contribution in [3.05, 3.63) is 37.1 Å². The minimum Gasteiger partial charge on any atom is -0.324 e. The number of rotatable bonds is 4. The van der Waals surface area contributed by atoms with E-state index in [0.29, 0.717) is 37.4 Å². The molecule has 2 aromatic heterocycles. The molecule has 8 nitrogen and oxygen atoms in total. The van der Waals surface area contributed by atoms with E-state index in [0.717, 1.165) is 0 Å². The molecule has 1 aliphatic heterocycles. The summed E-state index contributed by atoms with van der Waals surface area (Å²) in [7, 11) is -3.18. The second-order valence-electron chi connectivity index (χ2n) is 5.80. The van der Waals surface area contributed by atoms with Crippen LogP contribution in [0.3, 0.4) is 0 Å². The second kappa shape index (κ2) is 6.70. The Morgan fingerprint density at radius 2 is 2.04 bits per heavy atom. The molecule has 0 aliphatic carbocycles. The van der Waals surface area contributed by atoms with Crippen LogP contribution in [0.4, 0.5) is 5.69 Å². The molecule has 1 N–H and O–H groups in total. The van der Waals surface area contributed by atoms with Gasteiger partial charge >= 0.3 is 0 Å². The molecule has 1 aliphatic rings. The molecule has 3 rings (SSSR count). The van der Waals surface area contributed by atoms with Gasteiger partial charge in [0.15, 0.2) is 0 Å². The van der Waals surface area contributed by atoms with Crippen LogP contribution in [0.25, 0.3) is 5.82 Å². The van der Waals surface area contributed by atoms with E-state index < -0.39 is 10.0 Å². The molecule has 0 radical (unpaired) electrons. The molecule has 128 valence electrons. The minimum atomic E-state index is -3.18. The molecule has 9 heteroatoms. The van der Waals surface area contributed by atoms with Crippen LogP contribution in [0, 0.1) is 5.92 Å². The van der Waals surface area contributed by atoms with Gasteiger partial charge in [-0.15, -0.1) is 0 Å². The molecular formula is C15H19N5O3S. The van der Waals surface area contributed by atoms with Gasteiger partial charge in [0.1, 0.15) is 12.1 Å². The van der Waals surface area contributed by atoms with Crippen LogP contribution < -0.4 is 5.32 Å². The first-order chi connectivity index (χ1) is 11.4. The van der Waals surface area contributed by atoms with Gasteiger partial charge in [-0.1, -0.05) is 0 Å². The third-order valence-corrected chi connectivity index (χ3v) is 5.38. The van der Waals surface area contributed by atoms with Crippen LogP contribution in [-0.2, 0) is 14.8 Å². The fourth-order valence-electron chi connectivity index (χ4n) is 2.70. The Balaban J connectivity index is 1.58. The number of hydrogen-bond acceptors (Lipinski definition) is 5. The largest absolute Gasteiger partial charge is 0.324 e. The van der Waals surface area contributed by atoms with E-state index in [9.17, 15) is 13.2 Å². The number of nitrogens with zero attached hydrogens (tertiary/aromatic N) is 4. The van der Waals surface area contributed by atoms with Crippen molar-refractivity contribution in [2.75, 3.05) is 24.7 Å². The van der Waals surface area contributed by atoms with Gasteiger partial charge in [-0.3, -0.25) is 9.36 Å². The van der Waals surface area contributed by atoms with Crippen LogP contribution in [0.5, 0.6) is 0 Å². The number of anilines is 1. The summed E-state index contributed by atoms with van der Waals surface area (Å²) in [6, 6.07) is 3.58. The number of carbonyl (C=O) groups is 1. The van der Waals surface area contributed by atoms with Crippen molar-refractivity contribution in [2.45, 2.75) is 12.8 Å². The summed E-state index contributed by atoms with van der Waals surface area (Å²) in [6.45, 7) is 0.767. The maximum absolute atomic E-state index is 12.3. The van der Waals surface area contributed by atoms with Crippen LogP contribution in [0.1, 0.15) is 12.8 Å². The average molecular weight is 349 g/mol. The summed E-state index contributed by atoms with van der Waals surface area (Å²) >= 11 is 0. The number of aromatic nitrogens is 3. The molecule has 1 amide bonds. The number of pyridine rings is 1. The van der Waals surface area contributed by atoms with Crippen molar-refractivity contribution in [1.82, 2.24) is 18.8 Å². The Hall–Kier alpha value is -2.26. The number of nitrogens with one attached hydrogen (secondary N) is 1. The number of sulfonamides is 1. The fourth-order valence-corrected chi connectivity index (χ4v) is 3.58. The standard InChI is InChI=1S/C15H19N5O3S/c1-24(22,23)20-7-4-12(5-8-20)15(21)18-13-2-3-14(17-10-13)19-9-6-16-11-19/h2-3,6,9-12H,4-5,7-8H2,1H3,(H,18,21). The molecule has 1 saturated heterocycles. The Kier molecular flexibility index (Phi) is 4.63. The number of imidazole rings is 1. The van der Waals surface area contributed by atoms with Gasteiger partial charge in [0.05, 0.1) is 18.1 Å². The summed E-state index contributed by atoms with van der Waals surface area (Å²) in [5.74, 6) is 0.434. The highest BCUT2D eigenvalue weighted by Crippen LogP contribution is 2.21. The lowest BCUT2D eigenvalue weighted by Gasteiger charge is -2.29. The number of carbonyl (C=O) groups excluding carboxylic acids is 1. The molecule has 0 atom stereocenters. The lowest BCUT2D eigenvalue weighted by atomic mass is 9.97. The normalized spacial score (nSPS) is 16.9. The number of piperidine rings is 1. The van der Waals surface area contributed by atoms with E-state index >= 15 is 0 Å². The summed E-state index contributed by atoms with van der Waals surface area (Å²) in [5, 5.41) is 2.84. The summed E-state index contributed by atoms with van der Waals surface area (Å²) in [4.78, 5) is 20.6. The van der Waals surface area contributed by atoms with Gasteiger partial charge in [0, 0.05) is 31.4 Å². The maximum Gasteiger partial charge on any atom is 0.227 e. The second-order valence-corrected chi connectivity index (χ2v) is 7.78. The van der Waals surface area contributed by atoms with Crippen molar-refractivity contribution in [2.24, 2.45) is 5.92 Å². The van der Waals surface area contributed by atoms with Gasteiger partial charge < -0.3 is 5.32 Å². The zero-order valence-corrected chi connectivity index (χ0v) is 14.1. The Morgan fingerprint density at radius 3 is 2.58 bits per heavy atom. The zero-order chi connectivity index (χ0) is 17.2. The Morgan fingerprint density at radius 1 is 1.29 bits per heavy atom.